The van der Waals surface area contributed by atoms with Crippen molar-refractivity contribution < 1.29 is 4.79 Å². The van der Waals surface area contributed by atoms with Crippen LogP contribution in [0.5, 0.6) is 0 Å². The number of fused-ring (bicyclic) bond motifs is 1. The van der Waals surface area contributed by atoms with Crippen molar-refractivity contribution in [2.75, 3.05) is 4.90 Å². The Bertz CT molecular complexity index is 1170. The highest BCUT2D eigenvalue weighted by Crippen LogP contribution is 2.36. The van der Waals surface area contributed by atoms with Crippen LogP contribution in [0.15, 0.2) is 65.8 Å². The second kappa shape index (κ2) is 9.39. The quantitative estimate of drug-likeness (QED) is 0.286. The van der Waals surface area contributed by atoms with Gasteiger partial charge in [-0.2, -0.15) is 0 Å². The van der Waals surface area contributed by atoms with Crippen LogP contribution in [0.25, 0.3) is 10.2 Å². The largest absolute Gasteiger partial charge is 0.279 e. The summed E-state index contributed by atoms with van der Waals surface area (Å²) >= 11 is 9.63. The van der Waals surface area contributed by atoms with Crippen molar-refractivity contribution in [2.24, 2.45) is 0 Å². The normalized spacial score (nSPS) is 11.3. The molecule has 0 saturated heterocycles. The maximum atomic E-state index is 13.6. The Kier molecular flexibility index (Phi) is 6.60. The van der Waals surface area contributed by atoms with Gasteiger partial charge < -0.3 is 0 Å². The van der Waals surface area contributed by atoms with Crippen molar-refractivity contribution in [3.05, 3.63) is 82.6 Å². The predicted octanol–water partition coefficient (Wildman–Crippen LogP) is 7.00. The monoisotopic (exact) mass is 467 g/mol. The van der Waals surface area contributed by atoms with E-state index in [1.54, 1.807) is 29.1 Å². The molecule has 158 valence electrons. The number of carbonyl (C=O) groups excluding carboxylic acids is 1. The summed E-state index contributed by atoms with van der Waals surface area (Å²) in [4.78, 5) is 25.4. The summed E-state index contributed by atoms with van der Waals surface area (Å²) in [5, 5.41) is 1.76. The Morgan fingerprint density at radius 3 is 2.58 bits per heavy atom. The first-order chi connectivity index (χ1) is 14.9. The van der Waals surface area contributed by atoms with Crippen molar-refractivity contribution in [3.8, 4) is 0 Å². The number of amides is 1. The fraction of sp³-hybridized carbons (Fsp3) is 0.208. The molecule has 0 unspecified atom stereocenters. The zero-order valence-electron chi connectivity index (χ0n) is 17.5. The van der Waals surface area contributed by atoms with E-state index >= 15 is 0 Å². The summed E-state index contributed by atoms with van der Waals surface area (Å²) in [6, 6.07) is 15.4. The zero-order chi connectivity index (χ0) is 22.0. The van der Waals surface area contributed by atoms with Gasteiger partial charge in [-0.3, -0.25) is 14.7 Å². The molecule has 0 bridgehead atoms. The Balaban J connectivity index is 1.73. The molecule has 0 radical (unpaired) electrons. The Hall–Kier alpha value is -2.41. The second-order valence-electron chi connectivity index (χ2n) is 7.48. The van der Waals surface area contributed by atoms with Gasteiger partial charge >= 0.3 is 0 Å². The number of aryl methyl sites for hydroxylation is 1. The molecule has 0 atom stereocenters. The molecule has 0 saturated carbocycles. The van der Waals surface area contributed by atoms with Crippen molar-refractivity contribution in [1.29, 1.82) is 0 Å². The number of thiazole rings is 1. The molecule has 7 heteroatoms. The van der Waals surface area contributed by atoms with Gasteiger partial charge in [-0.05, 0) is 54.4 Å². The number of thioether (sulfide) groups is 1. The Labute approximate surface area is 195 Å². The predicted molar refractivity (Wildman–Crippen MR) is 132 cm³/mol. The highest BCUT2D eigenvalue weighted by molar-refractivity contribution is 7.99. The summed E-state index contributed by atoms with van der Waals surface area (Å²) in [6.45, 7) is 6.69. The number of benzene rings is 2. The van der Waals surface area contributed by atoms with Gasteiger partial charge in [-0.1, -0.05) is 48.9 Å². The average Bonchev–Trinajstić information content (AvgIpc) is 3.22. The Morgan fingerprint density at radius 2 is 1.94 bits per heavy atom. The molecule has 1 amide bonds. The van der Waals surface area contributed by atoms with Crippen LogP contribution in [-0.4, -0.2) is 21.1 Å². The van der Waals surface area contributed by atoms with Gasteiger partial charge in [0.15, 0.2) is 5.13 Å². The molecule has 4 rings (SSSR count). The van der Waals surface area contributed by atoms with E-state index in [9.17, 15) is 4.79 Å². The van der Waals surface area contributed by atoms with Gasteiger partial charge in [0, 0.05) is 28.1 Å². The van der Waals surface area contributed by atoms with Crippen molar-refractivity contribution >= 4 is 56.0 Å². The molecule has 0 aliphatic heterocycles. The lowest BCUT2D eigenvalue weighted by Gasteiger charge is -2.20. The third kappa shape index (κ3) is 4.92. The summed E-state index contributed by atoms with van der Waals surface area (Å²) in [6.07, 6.45) is 3.50. The lowest BCUT2D eigenvalue weighted by Crippen LogP contribution is -2.30. The number of hydrogen-bond donors (Lipinski definition) is 0. The molecule has 4 aromatic rings. The highest BCUT2D eigenvalue weighted by Gasteiger charge is 2.23. The van der Waals surface area contributed by atoms with Crippen LogP contribution in [0.1, 0.15) is 35.3 Å². The number of rotatable bonds is 6. The third-order valence-corrected chi connectivity index (χ3v) is 7.25. The summed E-state index contributed by atoms with van der Waals surface area (Å²) in [7, 11) is 0. The van der Waals surface area contributed by atoms with E-state index in [-0.39, 0.29) is 5.91 Å². The smallest absolute Gasteiger partial charge is 0.260 e. The van der Waals surface area contributed by atoms with Gasteiger partial charge in [0.25, 0.3) is 5.91 Å². The first kappa shape index (κ1) is 21.8. The van der Waals surface area contributed by atoms with Crippen LogP contribution in [0.4, 0.5) is 5.13 Å². The van der Waals surface area contributed by atoms with Crippen LogP contribution in [0.3, 0.4) is 0 Å². The lowest BCUT2D eigenvalue weighted by atomic mass is 10.2. The minimum absolute atomic E-state index is 0.0993. The topological polar surface area (TPSA) is 46.1 Å². The summed E-state index contributed by atoms with van der Waals surface area (Å²) in [5.41, 5.74) is 3.43. The molecule has 0 N–H and O–H groups in total. The number of carbonyl (C=O) groups is 1. The minimum atomic E-state index is -0.0993. The van der Waals surface area contributed by atoms with E-state index < -0.39 is 0 Å². The van der Waals surface area contributed by atoms with Gasteiger partial charge in [0.2, 0.25) is 0 Å². The summed E-state index contributed by atoms with van der Waals surface area (Å²) < 4.78 is 0.893. The van der Waals surface area contributed by atoms with Gasteiger partial charge in [0.1, 0.15) is 0 Å². The molecular weight excluding hydrogens is 446 g/mol. The van der Waals surface area contributed by atoms with Crippen LogP contribution in [0, 0.1) is 6.92 Å². The number of pyridine rings is 1. The van der Waals surface area contributed by atoms with E-state index in [4.69, 9.17) is 16.6 Å². The molecule has 2 aromatic heterocycles. The zero-order valence-corrected chi connectivity index (χ0v) is 19.9. The number of aromatic nitrogens is 2. The molecule has 2 aromatic carbocycles. The lowest BCUT2D eigenvalue weighted by molar-refractivity contribution is 0.0985. The standard InChI is InChI=1S/C24H22ClN3OS2/c1-15(2)30-19-9-7-18(8-10-19)23(29)28(14-17-5-4-12-26-13-17)24-27-21-16(3)6-11-20(25)22(21)31-24/h4-13,15H,14H2,1-3H3. The maximum Gasteiger partial charge on any atom is 0.260 e. The van der Waals surface area contributed by atoms with Crippen LogP contribution in [0.2, 0.25) is 5.02 Å². The maximum absolute atomic E-state index is 13.6. The number of anilines is 1. The van der Waals surface area contributed by atoms with Gasteiger partial charge in [-0.15, -0.1) is 11.8 Å². The molecular formula is C24H22ClN3OS2. The first-order valence-electron chi connectivity index (χ1n) is 9.95. The Morgan fingerprint density at radius 1 is 1.16 bits per heavy atom. The van der Waals surface area contributed by atoms with Crippen molar-refractivity contribution in [3.63, 3.8) is 0 Å². The number of hydrogen-bond acceptors (Lipinski definition) is 5. The van der Waals surface area contributed by atoms with Gasteiger partial charge in [-0.25, -0.2) is 4.98 Å². The second-order valence-corrected chi connectivity index (χ2v) is 10.5. The molecule has 4 nitrogen and oxygen atoms in total. The minimum Gasteiger partial charge on any atom is -0.279 e. The number of nitrogens with zero attached hydrogens (tertiary/aromatic N) is 3. The molecule has 31 heavy (non-hydrogen) atoms. The van der Waals surface area contributed by atoms with Crippen LogP contribution in [-0.2, 0) is 6.54 Å². The van der Waals surface area contributed by atoms with E-state index in [1.807, 2.05) is 55.5 Å². The average molecular weight is 468 g/mol. The fourth-order valence-corrected chi connectivity index (χ4v) is 5.36. The molecule has 2 heterocycles. The molecule has 0 spiro atoms. The number of halogens is 1. The summed E-state index contributed by atoms with van der Waals surface area (Å²) in [5.74, 6) is -0.0993. The van der Waals surface area contributed by atoms with E-state index in [1.165, 1.54) is 11.3 Å². The molecule has 0 fully saturated rings. The van der Waals surface area contributed by atoms with E-state index in [0.29, 0.717) is 27.5 Å². The third-order valence-electron chi connectivity index (χ3n) is 4.70. The van der Waals surface area contributed by atoms with E-state index in [0.717, 1.165) is 26.2 Å². The van der Waals surface area contributed by atoms with Gasteiger partial charge in [0.05, 0.1) is 21.8 Å². The van der Waals surface area contributed by atoms with E-state index in [2.05, 4.69) is 18.8 Å². The van der Waals surface area contributed by atoms with Crippen molar-refractivity contribution in [2.45, 2.75) is 37.5 Å². The molecule has 0 aliphatic carbocycles. The first-order valence-corrected chi connectivity index (χ1v) is 12.0. The molecule has 0 aliphatic rings. The van der Waals surface area contributed by atoms with Crippen molar-refractivity contribution in [1.82, 2.24) is 9.97 Å². The SMILES string of the molecule is Cc1ccc(Cl)c2sc(N(Cc3cccnc3)C(=O)c3ccc(SC(C)C)cc3)nc12. The highest BCUT2D eigenvalue weighted by atomic mass is 35.5. The van der Waals surface area contributed by atoms with Crippen LogP contribution >= 0.6 is 34.7 Å². The fourth-order valence-electron chi connectivity index (χ4n) is 3.21. The van der Waals surface area contributed by atoms with Crippen LogP contribution < -0.4 is 4.90 Å².